The van der Waals surface area contributed by atoms with Gasteiger partial charge >= 0.3 is 5.97 Å². The van der Waals surface area contributed by atoms with Crippen LogP contribution in [0.25, 0.3) is 21.5 Å². The zero-order chi connectivity index (χ0) is 26.1. The van der Waals surface area contributed by atoms with E-state index in [0.717, 1.165) is 77.9 Å². The maximum absolute atomic E-state index is 11.4. The van der Waals surface area contributed by atoms with Crippen LogP contribution in [0, 0.1) is 0 Å². The van der Waals surface area contributed by atoms with Gasteiger partial charge in [0, 0.05) is 22.5 Å². The number of ether oxygens (including phenoxy) is 1. The van der Waals surface area contributed by atoms with Crippen LogP contribution in [0.5, 0.6) is 0 Å². The van der Waals surface area contributed by atoms with E-state index >= 15 is 0 Å². The average Bonchev–Trinajstić information content (AvgIpc) is 3.53. The monoisotopic (exact) mass is 568 g/mol. The molecular weight excluding hydrogens is 543 g/mol. The molecule has 0 unspecified atom stereocenters. The lowest BCUT2D eigenvalue weighted by Crippen LogP contribution is -2.49. The third-order valence-corrected chi connectivity index (χ3v) is 10.7. The van der Waals surface area contributed by atoms with E-state index in [1.165, 1.54) is 0 Å². The Morgan fingerprint density at radius 3 is 2.45 bits per heavy atom. The van der Waals surface area contributed by atoms with Gasteiger partial charge in [0.1, 0.15) is 11.5 Å². The molecule has 0 atom stereocenters. The van der Waals surface area contributed by atoms with Gasteiger partial charge in [-0.25, -0.2) is 9.78 Å². The molecule has 0 radical (unpaired) electrons. The molecule has 0 amide bonds. The second-order valence-corrected chi connectivity index (χ2v) is 12.8. The molecule has 0 spiro atoms. The lowest BCUT2D eigenvalue weighted by atomic mass is 9.59. The van der Waals surface area contributed by atoms with Crippen molar-refractivity contribution in [2.24, 2.45) is 0 Å². The topological polar surface area (TPSA) is 85.5 Å². The molecule has 2 aromatic heterocycles. The molecule has 4 aliphatic rings. The van der Waals surface area contributed by atoms with Crippen LogP contribution in [0.1, 0.15) is 84.0 Å². The van der Waals surface area contributed by atoms with Crippen molar-refractivity contribution in [1.82, 2.24) is 10.1 Å². The van der Waals surface area contributed by atoms with Gasteiger partial charge in [-0.3, -0.25) is 0 Å². The third-order valence-electron chi connectivity index (χ3n) is 8.76. The molecule has 0 saturated heterocycles. The van der Waals surface area contributed by atoms with E-state index in [4.69, 9.17) is 37.4 Å². The number of rotatable bonds is 7. The standard InChI is InChI=1S/C29H26Cl2N2O4S/c30-19-2-1-3-20(31)23(19)24-18(25(37-33-24)16-4-5-16)15-36-29-11-8-28(9-12-29,10-13-29)27-32-21-7-6-17(26(34)35)14-22(21)38-27/h1-3,6-7,14,16H,4-5,8-13,15H2,(H,34,35). The van der Waals surface area contributed by atoms with Crippen molar-refractivity contribution in [3.05, 3.63) is 68.3 Å². The van der Waals surface area contributed by atoms with Crippen LogP contribution in [0.4, 0.5) is 0 Å². The highest BCUT2D eigenvalue weighted by Gasteiger charge is 2.51. The lowest BCUT2D eigenvalue weighted by molar-refractivity contribution is -0.127. The number of benzene rings is 2. The van der Waals surface area contributed by atoms with Gasteiger partial charge in [0.25, 0.3) is 0 Å². The molecule has 2 bridgehead atoms. The largest absolute Gasteiger partial charge is 0.478 e. The number of thiazole rings is 1. The summed E-state index contributed by atoms with van der Waals surface area (Å²) in [4.78, 5) is 16.4. The molecule has 9 heteroatoms. The Kier molecular flexibility index (Phi) is 5.85. The molecule has 2 heterocycles. The van der Waals surface area contributed by atoms with E-state index in [1.807, 2.05) is 24.3 Å². The zero-order valence-corrected chi connectivity index (χ0v) is 23.0. The van der Waals surface area contributed by atoms with E-state index in [2.05, 4.69) is 5.16 Å². The Bertz CT molecular complexity index is 1530. The normalized spacial score (nSPS) is 24.8. The van der Waals surface area contributed by atoms with Crippen molar-refractivity contribution in [3.63, 3.8) is 0 Å². The number of hydrogen-bond donors (Lipinski definition) is 1. The van der Waals surface area contributed by atoms with E-state index < -0.39 is 5.97 Å². The SMILES string of the molecule is O=C(O)c1ccc2nc(C34CCC(OCc5c(-c6c(Cl)cccc6Cl)noc5C5CC5)(CC3)CC4)sc2c1. The summed E-state index contributed by atoms with van der Waals surface area (Å²) in [6, 6.07) is 10.7. The molecule has 4 aromatic rings. The predicted octanol–water partition coefficient (Wildman–Crippen LogP) is 8.39. The van der Waals surface area contributed by atoms with Crippen LogP contribution >= 0.6 is 34.5 Å². The fourth-order valence-corrected chi connectivity index (χ4v) is 8.10. The first-order valence-electron chi connectivity index (χ1n) is 13.1. The Hall–Kier alpha value is -2.45. The summed E-state index contributed by atoms with van der Waals surface area (Å²) in [7, 11) is 0. The minimum atomic E-state index is -0.907. The highest BCUT2D eigenvalue weighted by molar-refractivity contribution is 7.18. The predicted molar refractivity (Wildman–Crippen MR) is 147 cm³/mol. The summed E-state index contributed by atoms with van der Waals surface area (Å²) >= 11 is 14.7. The molecule has 4 saturated carbocycles. The molecule has 4 fully saturated rings. The van der Waals surface area contributed by atoms with Crippen LogP contribution in [0.15, 0.2) is 40.9 Å². The van der Waals surface area contributed by atoms with E-state index in [0.29, 0.717) is 39.4 Å². The van der Waals surface area contributed by atoms with Gasteiger partial charge < -0.3 is 14.4 Å². The maximum Gasteiger partial charge on any atom is 0.335 e. The summed E-state index contributed by atoms with van der Waals surface area (Å²) in [6.07, 6.45) is 8.15. The first kappa shape index (κ1) is 24.6. The average molecular weight is 570 g/mol. The fraction of sp³-hybridized carbons (Fsp3) is 0.414. The van der Waals surface area contributed by atoms with Crippen LogP contribution < -0.4 is 0 Å². The number of aromatic nitrogens is 2. The van der Waals surface area contributed by atoms with Crippen molar-refractivity contribution in [1.29, 1.82) is 0 Å². The van der Waals surface area contributed by atoms with Crippen molar-refractivity contribution < 1.29 is 19.2 Å². The maximum atomic E-state index is 11.4. The van der Waals surface area contributed by atoms with Gasteiger partial charge in [-0.2, -0.15) is 0 Å². The number of carboxylic acid groups (broad SMARTS) is 1. The summed E-state index contributed by atoms with van der Waals surface area (Å²) in [5.41, 5.74) is 3.43. The summed E-state index contributed by atoms with van der Waals surface area (Å²) in [5.74, 6) is 0.387. The zero-order valence-electron chi connectivity index (χ0n) is 20.6. The minimum absolute atomic E-state index is 0.0464. The van der Waals surface area contributed by atoms with Crippen molar-refractivity contribution in [2.75, 3.05) is 0 Å². The van der Waals surface area contributed by atoms with Crippen molar-refractivity contribution in [3.8, 4) is 11.3 Å². The molecule has 6 nitrogen and oxygen atoms in total. The van der Waals surface area contributed by atoms with Crippen LogP contribution in [0.2, 0.25) is 10.0 Å². The quantitative estimate of drug-likeness (QED) is 0.241. The van der Waals surface area contributed by atoms with E-state index in [-0.39, 0.29) is 11.0 Å². The van der Waals surface area contributed by atoms with Gasteiger partial charge in [-0.05, 0) is 81.7 Å². The Morgan fingerprint density at radius 1 is 1.08 bits per heavy atom. The molecule has 8 rings (SSSR count). The number of aromatic carboxylic acids is 1. The lowest BCUT2D eigenvalue weighted by Gasteiger charge is -2.52. The highest BCUT2D eigenvalue weighted by Crippen LogP contribution is 2.56. The molecule has 38 heavy (non-hydrogen) atoms. The van der Waals surface area contributed by atoms with E-state index in [1.54, 1.807) is 23.5 Å². The number of halogens is 2. The number of carboxylic acids is 1. The first-order chi connectivity index (χ1) is 18.4. The molecule has 2 aromatic carbocycles. The van der Waals surface area contributed by atoms with Crippen LogP contribution in [0.3, 0.4) is 0 Å². The van der Waals surface area contributed by atoms with Gasteiger partial charge in [-0.1, -0.05) is 34.4 Å². The van der Waals surface area contributed by atoms with Crippen LogP contribution in [-0.2, 0) is 16.8 Å². The number of carbonyl (C=O) groups is 1. The van der Waals surface area contributed by atoms with Gasteiger partial charge in [0.05, 0.1) is 43.0 Å². The number of hydrogen-bond acceptors (Lipinski definition) is 6. The number of nitrogens with zero attached hydrogens (tertiary/aromatic N) is 2. The van der Waals surface area contributed by atoms with Crippen molar-refractivity contribution >= 4 is 50.7 Å². The molecule has 1 N–H and O–H groups in total. The summed E-state index contributed by atoms with van der Waals surface area (Å²) < 4.78 is 13.6. The van der Waals surface area contributed by atoms with E-state index in [9.17, 15) is 9.90 Å². The van der Waals surface area contributed by atoms with Gasteiger partial charge in [0.2, 0.25) is 0 Å². The van der Waals surface area contributed by atoms with Crippen LogP contribution in [-0.4, -0.2) is 26.8 Å². The summed E-state index contributed by atoms with van der Waals surface area (Å²) in [6.45, 7) is 0.429. The summed E-state index contributed by atoms with van der Waals surface area (Å²) in [5, 5.41) is 16.0. The fourth-order valence-electron chi connectivity index (χ4n) is 6.25. The molecule has 4 aliphatic carbocycles. The van der Waals surface area contributed by atoms with Crippen molar-refractivity contribution in [2.45, 2.75) is 74.9 Å². The van der Waals surface area contributed by atoms with Gasteiger partial charge in [-0.15, -0.1) is 11.3 Å². The number of fused-ring (bicyclic) bond motifs is 4. The minimum Gasteiger partial charge on any atom is -0.478 e. The van der Waals surface area contributed by atoms with Gasteiger partial charge in [0.15, 0.2) is 0 Å². The third kappa shape index (κ3) is 4.06. The molecule has 196 valence electrons. The Balaban J connectivity index is 1.12. The highest BCUT2D eigenvalue weighted by atomic mass is 35.5. The Labute approximate surface area is 233 Å². The molecular formula is C29H26Cl2N2O4S. The molecule has 0 aliphatic heterocycles. The second-order valence-electron chi connectivity index (χ2n) is 11.0. The first-order valence-corrected chi connectivity index (χ1v) is 14.6. The Morgan fingerprint density at radius 2 is 1.79 bits per heavy atom. The second kappa shape index (κ2) is 9.05. The smallest absolute Gasteiger partial charge is 0.335 e.